The Kier molecular flexibility index (Phi) is 6.71. The van der Waals surface area contributed by atoms with Gasteiger partial charge in [0.25, 0.3) is 0 Å². The highest BCUT2D eigenvalue weighted by Crippen LogP contribution is 2.28. The van der Waals surface area contributed by atoms with Gasteiger partial charge in [-0.15, -0.1) is 35.3 Å². The first-order valence-electron chi connectivity index (χ1n) is 6.94. The summed E-state index contributed by atoms with van der Waals surface area (Å²) < 4.78 is 0. The van der Waals surface area contributed by atoms with Crippen LogP contribution in [0.2, 0.25) is 0 Å². The van der Waals surface area contributed by atoms with Gasteiger partial charge in [0.1, 0.15) is 0 Å². The summed E-state index contributed by atoms with van der Waals surface area (Å²) in [6, 6.07) is 0. The van der Waals surface area contributed by atoms with Gasteiger partial charge >= 0.3 is 0 Å². The van der Waals surface area contributed by atoms with Gasteiger partial charge in [-0.2, -0.15) is 0 Å². The molecule has 0 aliphatic carbocycles. The highest BCUT2D eigenvalue weighted by atomic mass is 127. The van der Waals surface area contributed by atoms with E-state index in [1.807, 2.05) is 12.4 Å². The van der Waals surface area contributed by atoms with Crippen LogP contribution in [-0.2, 0) is 6.54 Å². The molecule has 20 heavy (non-hydrogen) atoms. The molecule has 1 N–H and O–H groups in total. The van der Waals surface area contributed by atoms with Gasteiger partial charge in [0.05, 0.1) is 17.7 Å². The molecule has 6 heteroatoms. The number of aryl methyl sites for hydroxylation is 1. The van der Waals surface area contributed by atoms with Crippen molar-refractivity contribution < 1.29 is 0 Å². The first-order chi connectivity index (χ1) is 9.02. The third-order valence-electron chi connectivity index (χ3n) is 3.53. The minimum absolute atomic E-state index is 0. The van der Waals surface area contributed by atoms with Gasteiger partial charge in [0, 0.05) is 24.5 Å². The fourth-order valence-electron chi connectivity index (χ4n) is 2.34. The summed E-state index contributed by atoms with van der Waals surface area (Å²) in [4.78, 5) is 12.7. The number of aromatic nitrogens is 1. The van der Waals surface area contributed by atoms with Crippen molar-refractivity contribution in [1.82, 2.24) is 15.2 Å². The second-order valence-corrected chi connectivity index (χ2v) is 6.81. The molecular weight excluding hydrogens is 383 g/mol. The number of nitrogens with one attached hydrogen (secondary N) is 1. The molecule has 0 spiro atoms. The largest absolute Gasteiger partial charge is 0.357 e. The Morgan fingerprint density at radius 1 is 1.55 bits per heavy atom. The normalized spacial score (nSPS) is 18.0. The van der Waals surface area contributed by atoms with Crippen LogP contribution < -0.4 is 5.32 Å². The lowest BCUT2D eigenvalue weighted by Gasteiger charge is -2.23. The fourth-order valence-corrected chi connectivity index (χ4v) is 3.04. The zero-order valence-corrected chi connectivity index (χ0v) is 15.9. The van der Waals surface area contributed by atoms with Crippen LogP contribution in [0.5, 0.6) is 0 Å². The maximum absolute atomic E-state index is 4.77. The van der Waals surface area contributed by atoms with E-state index in [9.17, 15) is 0 Å². The maximum Gasteiger partial charge on any atom is 0.194 e. The molecule has 0 unspecified atom stereocenters. The predicted molar refractivity (Wildman–Crippen MR) is 97.1 cm³/mol. The number of halogens is 1. The zero-order valence-electron chi connectivity index (χ0n) is 12.8. The van der Waals surface area contributed by atoms with Crippen molar-refractivity contribution in [2.45, 2.75) is 40.7 Å². The minimum atomic E-state index is 0. The van der Waals surface area contributed by atoms with Crippen LogP contribution in [0.1, 0.15) is 37.8 Å². The molecule has 114 valence electrons. The molecule has 0 bridgehead atoms. The number of thiazole rings is 1. The Hall–Kier alpha value is -0.370. The molecule has 2 rings (SSSR count). The van der Waals surface area contributed by atoms with Crippen LogP contribution in [-0.4, -0.2) is 35.5 Å². The summed E-state index contributed by atoms with van der Waals surface area (Å²) >= 11 is 1.69. The van der Waals surface area contributed by atoms with Crippen molar-refractivity contribution in [2.24, 2.45) is 10.4 Å². The molecule has 0 atom stereocenters. The summed E-state index contributed by atoms with van der Waals surface area (Å²) in [5.41, 5.74) is 3.40. The highest BCUT2D eigenvalue weighted by Gasteiger charge is 2.30. The number of rotatable bonds is 3. The SMILES string of the molecule is CCNC(=NCc1scnc1C)N1CCC(C)(C)C1.I. The highest BCUT2D eigenvalue weighted by molar-refractivity contribution is 14.0. The first-order valence-corrected chi connectivity index (χ1v) is 7.82. The van der Waals surface area contributed by atoms with Crippen molar-refractivity contribution in [3.05, 3.63) is 16.1 Å². The molecule has 1 aliphatic rings. The van der Waals surface area contributed by atoms with Crippen molar-refractivity contribution in [2.75, 3.05) is 19.6 Å². The monoisotopic (exact) mass is 408 g/mol. The van der Waals surface area contributed by atoms with Crippen molar-refractivity contribution in [3.8, 4) is 0 Å². The number of hydrogen-bond donors (Lipinski definition) is 1. The van der Waals surface area contributed by atoms with E-state index < -0.39 is 0 Å². The van der Waals surface area contributed by atoms with Gasteiger partial charge < -0.3 is 10.2 Å². The topological polar surface area (TPSA) is 40.5 Å². The molecule has 0 radical (unpaired) electrons. The standard InChI is InChI=1S/C14H24N4S.HI/c1-5-15-13(18-7-6-14(3,4)9-18)16-8-12-11(2)17-10-19-12;/h10H,5-9H2,1-4H3,(H,15,16);1H. The molecule has 2 heterocycles. The van der Waals surface area contributed by atoms with Crippen LogP contribution in [0.4, 0.5) is 0 Å². The van der Waals surface area contributed by atoms with Gasteiger partial charge in [-0.05, 0) is 25.7 Å². The molecule has 0 saturated carbocycles. The van der Waals surface area contributed by atoms with E-state index in [4.69, 9.17) is 4.99 Å². The molecule has 1 saturated heterocycles. The molecule has 1 aromatic rings. The van der Waals surface area contributed by atoms with Crippen LogP contribution in [0.3, 0.4) is 0 Å². The van der Waals surface area contributed by atoms with Crippen molar-refractivity contribution in [3.63, 3.8) is 0 Å². The first kappa shape index (κ1) is 17.7. The van der Waals surface area contributed by atoms with E-state index in [0.717, 1.165) is 37.8 Å². The number of hydrogen-bond acceptors (Lipinski definition) is 3. The van der Waals surface area contributed by atoms with Crippen LogP contribution in [0.15, 0.2) is 10.5 Å². The number of likely N-dealkylation sites (tertiary alicyclic amines) is 1. The Labute approximate surface area is 143 Å². The predicted octanol–water partition coefficient (Wildman–Crippen LogP) is 3.27. The number of aliphatic imine (C=N–C) groups is 1. The smallest absolute Gasteiger partial charge is 0.194 e. The lowest BCUT2D eigenvalue weighted by atomic mass is 9.93. The van der Waals surface area contributed by atoms with E-state index in [1.165, 1.54) is 11.3 Å². The van der Waals surface area contributed by atoms with Crippen LogP contribution in [0, 0.1) is 12.3 Å². The third-order valence-corrected chi connectivity index (χ3v) is 4.45. The van der Waals surface area contributed by atoms with Gasteiger partial charge in [0.2, 0.25) is 0 Å². The quantitative estimate of drug-likeness (QED) is 0.474. The summed E-state index contributed by atoms with van der Waals surface area (Å²) in [6.07, 6.45) is 1.23. The van der Waals surface area contributed by atoms with E-state index in [2.05, 4.69) is 36.0 Å². The van der Waals surface area contributed by atoms with E-state index in [0.29, 0.717) is 5.41 Å². The van der Waals surface area contributed by atoms with Crippen LogP contribution >= 0.6 is 35.3 Å². The average Bonchev–Trinajstić information content (AvgIpc) is 2.91. The molecule has 4 nitrogen and oxygen atoms in total. The number of guanidine groups is 1. The Bertz CT molecular complexity index is 456. The zero-order chi connectivity index (χ0) is 13.9. The van der Waals surface area contributed by atoms with E-state index in [-0.39, 0.29) is 24.0 Å². The van der Waals surface area contributed by atoms with Gasteiger partial charge in [-0.25, -0.2) is 9.98 Å². The summed E-state index contributed by atoms with van der Waals surface area (Å²) in [6.45, 7) is 12.6. The van der Waals surface area contributed by atoms with E-state index in [1.54, 1.807) is 11.3 Å². The average molecular weight is 408 g/mol. The van der Waals surface area contributed by atoms with Crippen molar-refractivity contribution >= 4 is 41.3 Å². The second-order valence-electron chi connectivity index (χ2n) is 5.87. The summed E-state index contributed by atoms with van der Waals surface area (Å²) in [7, 11) is 0. The molecule has 0 aromatic carbocycles. The van der Waals surface area contributed by atoms with Gasteiger partial charge in [-0.3, -0.25) is 0 Å². The third kappa shape index (κ3) is 4.58. The van der Waals surface area contributed by atoms with Crippen LogP contribution in [0.25, 0.3) is 0 Å². The van der Waals surface area contributed by atoms with E-state index >= 15 is 0 Å². The lowest BCUT2D eigenvalue weighted by molar-refractivity contribution is 0.370. The second kappa shape index (κ2) is 7.59. The fraction of sp³-hybridized carbons (Fsp3) is 0.714. The van der Waals surface area contributed by atoms with Crippen molar-refractivity contribution in [1.29, 1.82) is 0 Å². The lowest BCUT2D eigenvalue weighted by Crippen LogP contribution is -2.40. The summed E-state index contributed by atoms with van der Waals surface area (Å²) in [5, 5.41) is 3.40. The van der Waals surface area contributed by atoms with Gasteiger partial charge in [-0.1, -0.05) is 13.8 Å². The molecular formula is C14H25IN4S. The maximum atomic E-state index is 4.77. The Morgan fingerprint density at radius 3 is 2.80 bits per heavy atom. The molecule has 1 aromatic heterocycles. The van der Waals surface area contributed by atoms with Gasteiger partial charge in [0.15, 0.2) is 5.96 Å². The summed E-state index contributed by atoms with van der Waals surface area (Å²) in [5.74, 6) is 1.04. The number of nitrogens with zero attached hydrogens (tertiary/aromatic N) is 3. The molecule has 0 amide bonds. The molecule has 1 fully saturated rings. The minimum Gasteiger partial charge on any atom is -0.357 e. The molecule has 1 aliphatic heterocycles. The Balaban J connectivity index is 0.00000200. The Morgan fingerprint density at radius 2 is 2.30 bits per heavy atom.